The quantitative estimate of drug-likeness (QED) is 0.789. The lowest BCUT2D eigenvalue weighted by Crippen LogP contribution is -2.61. The normalized spacial score (nSPS) is 24.1. The largest absolute Gasteiger partial charge is 0.320 e. The van der Waals surface area contributed by atoms with Crippen molar-refractivity contribution in [1.29, 1.82) is 0 Å². The van der Waals surface area contributed by atoms with Gasteiger partial charge >= 0.3 is 0 Å². The summed E-state index contributed by atoms with van der Waals surface area (Å²) >= 11 is 0. The molecule has 0 aromatic carbocycles. The molecule has 1 aromatic rings. The highest BCUT2D eigenvalue weighted by atomic mass is 16.2. The van der Waals surface area contributed by atoms with Gasteiger partial charge in [0, 0.05) is 25.4 Å². The summed E-state index contributed by atoms with van der Waals surface area (Å²) in [6.07, 6.45) is 3.75. The lowest BCUT2D eigenvalue weighted by atomic mass is 9.89. The average molecular weight is 289 g/mol. The monoisotopic (exact) mass is 289 g/mol. The standard InChI is InChI=1S/C13H13N3O3.C2H6/c1-13(4-2-10(17)15-12(13)19)16-7-8-3-5-14-6-9(8)11(16)18;1-2/h3,5-6H,2,4,7H2,1H3,(H,15,17,19);1-2H3. The van der Waals surface area contributed by atoms with E-state index in [2.05, 4.69) is 10.3 Å². The molecule has 3 amide bonds. The van der Waals surface area contributed by atoms with Crippen LogP contribution in [0.3, 0.4) is 0 Å². The Labute approximate surface area is 123 Å². The van der Waals surface area contributed by atoms with Gasteiger partial charge in [0.25, 0.3) is 11.8 Å². The molecule has 2 aliphatic rings. The van der Waals surface area contributed by atoms with E-state index in [1.165, 1.54) is 11.1 Å². The van der Waals surface area contributed by atoms with Crippen molar-refractivity contribution < 1.29 is 14.4 Å². The molecule has 1 N–H and O–H groups in total. The summed E-state index contributed by atoms with van der Waals surface area (Å²) < 4.78 is 0. The third-order valence-electron chi connectivity index (χ3n) is 3.89. The van der Waals surface area contributed by atoms with Crippen molar-refractivity contribution in [2.75, 3.05) is 0 Å². The first-order valence-electron chi connectivity index (χ1n) is 7.11. The van der Waals surface area contributed by atoms with Crippen LogP contribution < -0.4 is 5.32 Å². The summed E-state index contributed by atoms with van der Waals surface area (Å²) in [6, 6.07) is 1.78. The molecule has 2 aliphatic heterocycles. The first-order chi connectivity index (χ1) is 10.0. The SMILES string of the molecule is CC.CC1(N2Cc3ccncc3C2=O)CCC(=O)NC1=O. The van der Waals surface area contributed by atoms with E-state index >= 15 is 0 Å². The number of carbonyl (C=O) groups excluding carboxylic acids is 3. The van der Waals surface area contributed by atoms with Gasteiger partial charge in [-0.15, -0.1) is 0 Å². The molecule has 1 fully saturated rings. The first-order valence-corrected chi connectivity index (χ1v) is 7.11. The average Bonchev–Trinajstić information content (AvgIpc) is 2.84. The Balaban J connectivity index is 0.000000774. The Hall–Kier alpha value is -2.24. The highest BCUT2D eigenvalue weighted by Gasteiger charge is 2.48. The van der Waals surface area contributed by atoms with Crippen molar-refractivity contribution in [3.8, 4) is 0 Å². The number of pyridine rings is 1. The molecule has 0 aliphatic carbocycles. The van der Waals surface area contributed by atoms with Crippen molar-refractivity contribution in [3.05, 3.63) is 29.6 Å². The van der Waals surface area contributed by atoms with Gasteiger partial charge in [0.2, 0.25) is 5.91 Å². The van der Waals surface area contributed by atoms with Crippen LogP contribution in [0.15, 0.2) is 18.5 Å². The summed E-state index contributed by atoms with van der Waals surface area (Å²) in [6.45, 7) is 6.08. The predicted octanol–water partition coefficient (Wildman–Crippen LogP) is 1.26. The molecule has 0 saturated carbocycles. The molecule has 6 heteroatoms. The minimum Gasteiger partial charge on any atom is -0.320 e. The summed E-state index contributed by atoms with van der Waals surface area (Å²) in [4.78, 5) is 41.1. The van der Waals surface area contributed by atoms with Gasteiger partial charge in [-0.05, 0) is 25.0 Å². The molecule has 3 heterocycles. The molecule has 3 rings (SSSR count). The number of aromatic nitrogens is 1. The number of nitrogens with one attached hydrogen (secondary N) is 1. The van der Waals surface area contributed by atoms with Gasteiger partial charge in [-0.1, -0.05) is 13.8 Å². The van der Waals surface area contributed by atoms with Gasteiger partial charge in [-0.25, -0.2) is 0 Å². The fourth-order valence-corrected chi connectivity index (χ4v) is 2.59. The maximum Gasteiger partial charge on any atom is 0.256 e. The number of imide groups is 1. The minimum absolute atomic E-state index is 0.199. The Kier molecular flexibility index (Phi) is 4.06. The zero-order chi connectivity index (χ0) is 15.6. The van der Waals surface area contributed by atoms with E-state index in [0.29, 0.717) is 18.5 Å². The summed E-state index contributed by atoms with van der Waals surface area (Å²) in [5.74, 6) is -0.888. The van der Waals surface area contributed by atoms with E-state index in [4.69, 9.17) is 0 Å². The molecular weight excluding hydrogens is 270 g/mol. The van der Waals surface area contributed by atoms with Crippen LogP contribution in [-0.4, -0.2) is 33.1 Å². The smallest absolute Gasteiger partial charge is 0.256 e. The summed E-state index contributed by atoms with van der Waals surface area (Å²) in [5.41, 5.74) is 0.434. The fraction of sp³-hybridized carbons (Fsp3) is 0.467. The van der Waals surface area contributed by atoms with Crippen LogP contribution in [0.5, 0.6) is 0 Å². The highest BCUT2D eigenvalue weighted by Crippen LogP contribution is 2.33. The van der Waals surface area contributed by atoms with E-state index in [1.807, 2.05) is 13.8 Å². The second-order valence-electron chi connectivity index (χ2n) is 5.08. The molecular formula is C15H19N3O3. The van der Waals surface area contributed by atoms with Crippen molar-refractivity contribution in [2.45, 2.75) is 45.7 Å². The molecule has 1 saturated heterocycles. The van der Waals surface area contributed by atoms with E-state index < -0.39 is 11.4 Å². The molecule has 0 spiro atoms. The van der Waals surface area contributed by atoms with Crippen LogP contribution in [0.4, 0.5) is 0 Å². The summed E-state index contributed by atoms with van der Waals surface area (Å²) in [7, 11) is 0. The number of hydrogen-bond acceptors (Lipinski definition) is 4. The van der Waals surface area contributed by atoms with Gasteiger partial charge in [-0.2, -0.15) is 0 Å². The number of amides is 3. The number of hydrogen-bond donors (Lipinski definition) is 1. The Morgan fingerprint density at radius 3 is 2.62 bits per heavy atom. The second kappa shape index (κ2) is 5.63. The van der Waals surface area contributed by atoms with Gasteiger partial charge in [-0.3, -0.25) is 24.7 Å². The van der Waals surface area contributed by atoms with E-state index in [1.54, 1.807) is 19.2 Å². The molecule has 0 radical (unpaired) electrons. The fourth-order valence-electron chi connectivity index (χ4n) is 2.59. The zero-order valence-electron chi connectivity index (χ0n) is 12.5. The van der Waals surface area contributed by atoms with E-state index in [0.717, 1.165) is 5.56 Å². The molecule has 1 atom stereocenters. The molecule has 6 nitrogen and oxygen atoms in total. The third-order valence-corrected chi connectivity index (χ3v) is 3.89. The number of piperidine rings is 1. The number of rotatable bonds is 1. The van der Waals surface area contributed by atoms with E-state index in [9.17, 15) is 14.4 Å². The Morgan fingerprint density at radius 2 is 2.00 bits per heavy atom. The lowest BCUT2D eigenvalue weighted by molar-refractivity contribution is -0.142. The van der Waals surface area contributed by atoms with Gasteiger partial charge < -0.3 is 4.90 Å². The van der Waals surface area contributed by atoms with Gasteiger partial charge in [0.15, 0.2) is 0 Å². The number of carbonyl (C=O) groups is 3. The van der Waals surface area contributed by atoms with Crippen LogP contribution in [0, 0.1) is 0 Å². The van der Waals surface area contributed by atoms with E-state index in [-0.39, 0.29) is 18.2 Å². The Morgan fingerprint density at radius 1 is 1.29 bits per heavy atom. The van der Waals surface area contributed by atoms with Crippen LogP contribution in [-0.2, 0) is 16.1 Å². The van der Waals surface area contributed by atoms with Crippen LogP contribution >= 0.6 is 0 Å². The maximum atomic E-state index is 12.3. The zero-order valence-corrected chi connectivity index (χ0v) is 12.5. The molecule has 112 valence electrons. The predicted molar refractivity (Wildman–Crippen MR) is 76.2 cm³/mol. The van der Waals surface area contributed by atoms with Crippen molar-refractivity contribution in [1.82, 2.24) is 15.2 Å². The summed E-state index contributed by atoms with van der Waals surface area (Å²) in [5, 5.41) is 2.31. The Bertz CT molecular complexity index is 600. The van der Waals surface area contributed by atoms with Crippen molar-refractivity contribution in [3.63, 3.8) is 0 Å². The number of nitrogens with zero attached hydrogens (tertiary/aromatic N) is 2. The topological polar surface area (TPSA) is 79.4 Å². The highest BCUT2D eigenvalue weighted by molar-refractivity contribution is 6.07. The van der Waals surface area contributed by atoms with Crippen molar-refractivity contribution in [2.24, 2.45) is 0 Å². The van der Waals surface area contributed by atoms with Crippen LogP contribution in [0.2, 0.25) is 0 Å². The maximum absolute atomic E-state index is 12.3. The second-order valence-corrected chi connectivity index (χ2v) is 5.08. The van der Waals surface area contributed by atoms with Crippen molar-refractivity contribution >= 4 is 17.7 Å². The lowest BCUT2D eigenvalue weighted by Gasteiger charge is -2.39. The number of fused-ring (bicyclic) bond motifs is 1. The van der Waals surface area contributed by atoms with Gasteiger partial charge in [0.1, 0.15) is 5.54 Å². The molecule has 1 unspecified atom stereocenters. The molecule has 1 aromatic heterocycles. The molecule has 21 heavy (non-hydrogen) atoms. The van der Waals surface area contributed by atoms with Gasteiger partial charge in [0.05, 0.1) is 5.56 Å². The molecule has 0 bridgehead atoms. The van der Waals surface area contributed by atoms with Crippen LogP contribution in [0.1, 0.15) is 49.5 Å². The third kappa shape index (κ3) is 2.41. The first kappa shape index (κ1) is 15.2. The van der Waals surface area contributed by atoms with Crippen LogP contribution in [0.25, 0.3) is 0 Å². The minimum atomic E-state index is -0.968.